The van der Waals surface area contributed by atoms with Gasteiger partial charge in [0.05, 0.1) is 23.8 Å². The summed E-state index contributed by atoms with van der Waals surface area (Å²) in [6.07, 6.45) is 0. The van der Waals surface area contributed by atoms with Crippen molar-refractivity contribution in [3.63, 3.8) is 0 Å². The second kappa shape index (κ2) is 6.99. The van der Waals surface area contributed by atoms with E-state index in [2.05, 4.69) is 15.9 Å². The number of rotatable bonds is 4. The minimum atomic E-state index is -4.56. The van der Waals surface area contributed by atoms with Crippen LogP contribution in [0.4, 0.5) is 13.2 Å². The minimum absolute atomic E-state index is 0.0523. The molecule has 0 bridgehead atoms. The average Bonchev–Trinajstić information content (AvgIpc) is 2.35. The van der Waals surface area contributed by atoms with Crippen LogP contribution in [0.3, 0.4) is 0 Å². The topological polar surface area (TPSA) is 50.1 Å². The number of carbonyl (C=O) groups excluding carboxylic acids is 1. The van der Waals surface area contributed by atoms with E-state index in [0.29, 0.717) is 0 Å². The Morgan fingerprint density at radius 1 is 1.50 bits per heavy atom. The van der Waals surface area contributed by atoms with E-state index in [1.807, 2.05) is 0 Å². The fourth-order valence-electron chi connectivity index (χ4n) is 1.48. The molecular weight excluding hydrogens is 359 g/mol. The molecule has 0 N–H and O–H groups in total. The van der Waals surface area contributed by atoms with Gasteiger partial charge in [-0.05, 0) is 36.4 Å². The molecule has 1 rings (SSSR count). The molecule has 0 saturated carbocycles. The second-order valence-electron chi connectivity index (χ2n) is 3.52. The smallest absolute Gasteiger partial charge is 0.446 e. The summed E-state index contributed by atoms with van der Waals surface area (Å²) in [5.74, 6) is -0.835. The van der Waals surface area contributed by atoms with E-state index in [0.717, 1.165) is 6.07 Å². The molecule has 0 heterocycles. The lowest BCUT2D eigenvalue weighted by atomic mass is 10.1. The van der Waals surface area contributed by atoms with Crippen molar-refractivity contribution in [3.05, 3.63) is 28.8 Å². The van der Waals surface area contributed by atoms with E-state index < -0.39 is 23.2 Å². The zero-order valence-electron chi connectivity index (χ0n) is 10.3. The predicted molar refractivity (Wildman–Crippen MR) is 71.7 cm³/mol. The summed E-state index contributed by atoms with van der Waals surface area (Å²) in [6, 6.07) is 4.17. The second-order valence-corrected chi connectivity index (χ2v) is 5.19. The van der Waals surface area contributed by atoms with Crippen molar-refractivity contribution in [2.45, 2.75) is 22.7 Å². The first kappa shape index (κ1) is 16.9. The fourth-order valence-corrected chi connectivity index (χ4v) is 2.68. The van der Waals surface area contributed by atoms with E-state index in [4.69, 9.17) is 10.00 Å². The highest BCUT2D eigenvalue weighted by Gasteiger charge is 2.33. The van der Waals surface area contributed by atoms with Crippen LogP contribution < -0.4 is 0 Å². The van der Waals surface area contributed by atoms with Gasteiger partial charge in [-0.15, -0.1) is 0 Å². The van der Waals surface area contributed by atoms with Crippen LogP contribution in [-0.4, -0.2) is 18.1 Å². The first-order valence-electron chi connectivity index (χ1n) is 5.38. The Morgan fingerprint density at radius 2 is 2.15 bits per heavy atom. The molecule has 108 valence electrons. The van der Waals surface area contributed by atoms with E-state index in [9.17, 15) is 18.0 Å². The van der Waals surface area contributed by atoms with Crippen molar-refractivity contribution in [1.29, 1.82) is 5.26 Å². The largest absolute Gasteiger partial charge is 0.462 e. The molecule has 0 aliphatic carbocycles. The zero-order valence-corrected chi connectivity index (χ0v) is 12.7. The summed E-state index contributed by atoms with van der Waals surface area (Å²) in [4.78, 5) is 11.5. The number of hydrogen-bond acceptors (Lipinski definition) is 4. The standard InChI is InChI=1S/C12H9BrF3NO2S/c1-2-19-11(18)10-8(5-13)3-7(6-17)4-9(10)20-12(14,15)16/h3-4H,2,5H2,1H3. The molecule has 0 saturated heterocycles. The maximum atomic E-state index is 12.6. The number of benzene rings is 1. The molecule has 0 aliphatic rings. The highest BCUT2D eigenvalue weighted by Crippen LogP contribution is 2.40. The fraction of sp³-hybridized carbons (Fsp3) is 0.333. The molecule has 1 aromatic carbocycles. The molecule has 0 aromatic heterocycles. The molecule has 3 nitrogen and oxygen atoms in total. The van der Waals surface area contributed by atoms with Crippen LogP contribution in [0, 0.1) is 11.3 Å². The summed E-state index contributed by atoms with van der Waals surface area (Å²) in [7, 11) is 0. The normalized spacial score (nSPS) is 11.0. The summed E-state index contributed by atoms with van der Waals surface area (Å²) in [6.45, 7) is 1.61. The number of ether oxygens (including phenoxy) is 1. The van der Waals surface area contributed by atoms with Crippen molar-refractivity contribution in [2.75, 3.05) is 6.61 Å². The molecule has 8 heteroatoms. The van der Waals surface area contributed by atoms with Crippen molar-refractivity contribution in [2.24, 2.45) is 0 Å². The van der Waals surface area contributed by atoms with Gasteiger partial charge in [-0.25, -0.2) is 4.79 Å². The van der Waals surface area contributed by atoms with Crippen LogP contribution in [0.25, 0.3) is 0 Å². The number of carbonyl (C=O) groups is 1. The summed E-state index contributed by atoms with van der Waals surface area (Å²) < 4.78 is 42.5. The summed E-state index contributed by atoms with van der Waals surface area (Å²) in [5.41, 5.74) is -4.38. The highest BCUT2D eigenvalue weighted by molar-refractivity contribution is 9.08. The highest BCUT2D eigenvalue weighted by atomic mass is 79.9. The lowest BCUT2D eigenvalue weighted by Gasteiger charge is -2.14. The van der Waals surface area contributed by atoms with Crippen molar-refractivity contribution < 1.29 is 22.7 Å². The number of hydrogen-bond donors (Lipinski definition) is 0. The van der Waals surface area contributed by atoms with Gasteiger partial charge in [0.1, 0.15) is 0 Å². The predicted octanol–water partition coefficient (Wildman–Crippen LogP) is 4.24. The molecular formula is C12H9BrF3NO2S. The van der Waals surface area contributed by atoms with Crippen LogP contribution in [-0.2, 0) is 10.1 Å². The molecule has 0 aliphatic heterocycles. The van der Waals surface area contributed by atoms with Crippen LogP contribution in [0.15, 0.2) is 17.0 Å². The number of nitrogens with zero attached hydrogens (tertiary/aromatic N) is 1. The Kier molecular flexibility index (Phi) is 5.89. The zero-order chi connectivity index (χ0) is 15.3. The van der Waals surface area contributed by atoms with E-state index in [1.165, 1.54) is 6.07 Å². The van der Waals surface area contributed by atoms with Crippen molar-refractivity contribution >= 4 is 33.7 Å². The third-order valence-electron chi connectivity index (χ3n) is 2.16. The van der Waals surface area contributed by atoms with Gasteiger partial charge in [-0.1, -0.05) is 15.9 Å². The minimum Gasteiger partial charge on any atom is -0.462 e. The first-order valence-corrected chi connectivity index (χ1v) is 7.32. The molecule has 0 atom stereocenters. The van der Waals surface area contributed by atoms with Crippen LogP contribution in [0.2, 0.25) is 0 Å². The molecule has 20 heavy (non-hydrogen) atoms. The van der Waals surface area contributed by atoms with Gasteiger partial charge in [0, 0.05) is 10.2 Å². The monoisotopic (exact) mass is 367 g/mol. The summed E-state index contributed by atoms with van der Waals surface area (Å²) in [5, 5.41) is 8.98. The molecule has 0 fully saturated rings. The Hall–Kier alpha value is -1.20. The third-order valence-corrected chi connectivity index (χ3v) is 3.54. The van der Waals surface area contributed by atoms with E-state index in [1.54, 1.807) is 13.0 Å². The van der Waals surface area contributed by atoms with Crippen LogP contribution >= 0.6 is 27.7 Å². The molecule has 0 unspecified atom stereocenters. The lowest BCUT2D eigenvalue weighted by molar-refractivity contribution is -0.0328. The Balaban J connectivity index is 3.43. The van der Waals surface area contributed by atoms with Gasteiger partial charge in [-0.3, -0.25) is 0 Å². The van der Waals surface area contributed by atoms with Crippen LogP contribution in [0.5, 0.6) is 0 Å². The van der Waals surface area contributed by atoms with Gasteiger partial charge in [0.2, 0.25) is 0 Å². The number of esters is 1. The number of nitriles is 1. The quantitative estimate of drug-likeness (QED) is 0.453. The van der Waals surface area contributed by atoms with E-state index >= 15 is 0 Å². The Bertz CT molecular complexity index is 555. The van der Waals surface area contributed by atoms with Gasteiger partial charge in [-0.2, -0.15) is 18.4 Å². The van der Waals surface area contributed by atoms with Gasteiger partial charge in [0.15, 0.2) is 0 Å². The van der Waals surface area contributed by atoms with Crippen molar-refractivity contribution in [3.8, 4) is 6.07 Å². The first-order chi connectivity index (χ1) is 9.32. The Labute approximate surface area is 126 Å². The maximum Gasteiger partial charge on any atom is 0.446 e. The van der Waals surface area contributed by atoms with Gasteiger partial charge >= 0.3 is 11.5 Å². The van der Waals surface area contributed by atoms with E-state index in [-0.39, 0.29) is 33.5 Å². The SMILES string of the molecule is CCOC(=O)c1c(CBr)cc(C#N)cc1SC(F)(F)F. The molecule has 1 aromatic rings. The van der Waals surface area contributed by atoms with Gasteiger partial charge in [0.25, 0.3) is 0 Å². The molecule has 0 radical (unpaired) electrons. The lowest BCUT2D eigenvalue weighted by Crippen LogP contribution is -2.12. The number of alkyl halides is 4. The number of halogens is 4. The third kappa shape index (κ3) is 4.42. The maximum absolute atomic E-state index is 12.6. The Morgan fingerprint density at radius 3 is 2.60 bits per heavy atom. The molecule has 0 spiro atoms. The number of thioether (sulfide) groups is 1. The average molecular weight is 368 g/mol. The molecule has 0 amide bonds. The van der Waals surface area contributed by atoms with Gasteiger partial charge < -0.3 is 4.74 Å². The van der Waals surface area contributed by atoms with Crippen LogP contribution in [0.1, 0.15) is 28.4 Å². The van der Waals surface area contributed by atoms with Crippen molar-refractivity contribution in [1.82, 2.24) is 0 Å². The summed E-state index contributed by atoms with van der Waals surface area (Å²) >= 11 is 2.67.